The van der Waals surface area contributed by atoms with Crippen LogP contribution in [0.1, 0.15) is 82.6 Å². The third-order valence-electron chi connectivity index (χ3n) is 6.53. The van der Waals surface area contributed by atoms with Gasteiger partial charge in [-0.3, -0.25) is 24.6 Å². The summed E-state index contributed by atoms with van der Waals surface area (Å²) in [6.45, 7) is 2.21. The van der Waals surface area contributed by atoms with E-state index in [-0.39, 0.29) is 29.6 Å². The maximum absolute atomic E-state index is 13.1. The van der Waals surface area contributed by atoms with Crippen molar-refractivity contribution in [2.24, 2.45) is 11.8 Å². The smallest absolute Gasteiger partial charge is 0.249 e. The number of hydrogen-bond acceptors (Lipinski definition) is 7. The molecule has 3 amide bonds. The zero-order valence-electron chi connectivity index (χ0n) is 19.3. The van der Waals surface area contributed by atoms with Crippen molar-refractivity contribution in [2.45, 2.75) is 90.0 Å². The number of carbonyl (C=O) groups is 3. The van der Waals surface area contributed by atoms with Gasteiger partial charge in [0.2, 0.25) is 22.9 Å². The van der Waals surface area contributed by atoms with Crippen molar-refractivity contribution in [3.8, 4) is 0 Å². The lowest BCUT2D eigenvalue weighted by Crippen LogP contribution is -2.48. The van der Waals surface area contributed by atoms with E-state index in [1.54, 1.807) is 11.8 Å². The highest BCUT2D eigenvalue weighted by molar-refractivity contribution is 7.98. The number of aromatic nitrogens is 2. The third kappa shape index (κ3) is 6.31. The molecule has 1 aromatic rings. The van der Waals surface area contributed by atoms with E-state index in [9.17, 15) is 14.4 Å². The first-order valence-electron chi connectivity index (χ1n) is 12.1. The molecule has 1 aliphatic heterocycles. The molecule has 0 unspecified atom stereocenters. The predicted molar refractivity (Wildman–Crippen MR) is 130 cm³/mol. The number of nitrogens with zero attached hydrogens (tertiary/aromatic N) is 3. The standard InChI is InChI=1S/C23H36N4O3S2/c1-3-4-5-6-7-8-13-19-25-26-23(32-19)24-20(28)18(14-15-31-2)27-21(29)16-11-9-10-12-17(16)22(27)30/h16-18H,3-15H2,1-2H3,(H,24,26,28)/t16-,17+,18-/m1/s1. The number of aryl methyl sites for hydroxylation is 1. The molecule has 2 heterocycles. The van der Waals surface area contributed by atoms with Crippen molar-refractivity contribution >= 4 is 46.0 Å². The monoisotopic (exact) mass is 480 g/mol. The van der Waals surface area contributed by atoms with Crippen LogP contribution in [-0.4, -0.2) is 50.9 Å². The van der Waals surface area contributed by atoms with Crippen LogP contribution in [0.15, 0.2) is 0 Å². The molecule has 1 aliphatic carbocycles. The Kier molecular flexibility index (Phi) is 9.96. The van der Waals surface area contributed by atoms with Gasteiger partial charge in [-0.05, 0) is 37.7 Å². The van der Waals surface area contributed by atoms with Crippen LogP contribution >= 0.6 is 23.1 Å². The van der Waals surface area contributed by atoms with Crippen LogP contribution in [0.2, 0.25) is 0 Å². The molecule has 1 aromatic heterocycles. The molecular weight excluding hydrogens is 444 g/mol. The Morgan fingerprint density at radius 2 is 1.75 bits per heavy atom. The molecule has 0 spiro atoms. The summed E-state index contributed by atoms with van der Waals surface area (Å²) in [5, 5.41) is 12.5. The molecule has 2 aliphatic rings. The van der Waals surface area contributed by atoms with Crippen LogP contribution in [0.5, 0.6) is 0 Å². The number of imide groups is 1. The summed E-state index contributed by atoms with van der Waals surface area (Å²) >= 11 is 2.99. The lowest BCUT2D eigenvalue weighted by Gasteiger charge is -2.25. The molecule has 1 saturated heterocycles. The van der Waals surface area contributed by atoms with Crippen LogP contribution in [0.3, 0.4) is 0 Å². The summed E-state index contributed by atoms with van der Waals surface area (Å²) in [4.78, 5) is 40.5. The highest BCUT2D eigenvalue weighted by Crippen LogP contribution is 2.39. The topological polar surface area (TPSA) is 92.3 Å². The maximum Gasteiger partial charge on any atom is 0.249 e. The van der Waals surface area contributed by atoms with Gasteiger partial charge in [0.1, 0.15) is 11.0 Å². The van der Waals surface area contributed by atoms with Gasteiger partial charge in [-0.15, -0.1) is 10.2 Å². The molecule has 2 fully saturated rings. The lowest BCUT2D eigenvalue weighted by molar-refractivity contribution is -0.146. The Morgan fingerprint density at radius 1 is 1.09 bits per heavy atom. The molecular formula is C23H36N4O3S2. The molecule has 178 valence electrons. The van der Waals surface area contributed by atoms with Crippen molar-refractivity contribution in [3.05, 3.63) is 5.01 Å². The SMILES string of the molecule is CCCCCCCCc1nnc(NC(=O)[C@@H](CCSC)N2C(=O)[C@H]3CCCC[C@H]3C2=O)s1. The van der Waals surface area contributed by atoms with Gasteiger partial charge in [0.05, 0.1) is 11.8 Å². The van der Waals surface area contributed by atoms with Crippen LogP contribution < -0.4 is 5.32 Å². The molecule has 3 atom stereocenters. The van der Waals surface area contributed by atoms with Crippen molar-refractivity contribution in [1.82, 2.24) is 15.1 Å². The number of amides is 3. The van der Waals surface area contributed by atoms with Gasteiger partial charge in [-0.2, -0.15) is 11.8 Å². The Labute approximate surface area is 199 Å². The molecule has 0 bridgehead atoms. The van der Waals surface area contributed by atoms with Gasteiger partial charge in [-0.1, -0.05) is 63.2 Å². The van der Waals surface area contributed by atoms with E-state index in [0.717, 1.165) is 43.5 Å². The largest absolute Gasteiger partial charge is 0.299 e. The molecule has 1 saturated carbocycles. The molecule has 0 radical (unpaired) electrons. The van der Waals surface area contributed by atoms with Crippen LogP contribution in [0.25, 0.3) is 0 Å². The zero-order valence-corrected chi connectivity index (χ0v) is 20.9. The number of hydrogen-bond donors (Lipinski definition) is 1. The normalized spacial score (nSPS) is 21.6. The predicted octanol–water partition coefficient (Wildman–Crippen LogP) is 4.68. The van der Waals surface area contributed by atoms with Crippen molar-refractivity contribution in [1.29, 1.82) is 0 Å². The number of rotatable bonds is 13. The van der Waals surface area contributed by atoms with Gasteiger partial charge in [0, 0.05) is 6.42 Å². The third-order valence-corrected chi connectivity index (χ3v) is 8.07. The fraction of sp³-hybridized carbons (Fsp3) is 0.783. The number of likely N-dealkylation sites (tertiary alicyclic amines) is 1. The fourth-order valence-electron chi connectivity index (χ4n) is 4.75. The van der Waals surface area contributed by atoms with Crippen LogP contribution in [0, 0.1) is 11.8 Å². The Morgan fingerprint density at radius 3 is 2.41 bits per heavy atom. The molecule has 7 nitrogen and oxygen atoms in total. The second-order valence-electron chi connectivity index (χ2n) is 8.85. The Bertz CT molecular complexity index is 761. The van der Waals surface area contributed by atoms with Gasteiger partial charge in [0.25, 0.3) is 0 Å². The molecule has 9 heteroatoms. The highest BCUT2D eigenvalue weighted by Gasteiger charge is 2.51. The number of fused-ring (bicyclic) bond motifs is 1. The summed E-state index contributed by atoms with van der Waals surface area (Å²) < 4.78 is 0. The van der Waals surface area contributed by atoms with Gasteiger partial charge < -0.3 is 0 Å². The minimum absolute atomic E-state index is 0.165. The van der Waals surface area contributed by atoms with Crippen molar-refractivity contribution < 1.29 is 14.4 Å². The first-order chi connectivity index (χ1) is 15.6. The van der Waals surface area contributed by atoms with E-state index in [0.29, 0.717) is 17.3 Å². The van der Waals surface area contributed by atoms with E-state index in [2.05, 4.69) is 22.4 Å². The van der Waals surface area contributed by atoms with Crippen LogP contribution in [0.4, 0.5) is 5.13 Å². The number of carbonyl (C=O) groups excluding carboxylic acids is 3. The Balaban J connectivity index is 1.59. The zero-order chi connectivity index (χ0) is 22.9. The van der Waals surface area contributed by atoms with E-state index >= 15 is 0 Å². The second-order valence-corrected chi connectivity index (χ2v) is 10.9. The number of thioether (sulfide) groups is 1. The average molecular weight is 481 g/mol. The molecule has 32 heavy (non-hydrogen) atoms. The number of nitrogens with one attached hydrogen (secondary N) is 1. The minimum Gasteiger partial charge on any atom is -0.299 e. The fourth-order valence-corrected chi connectivity index (χ4v) is 6.00. The quantitative estimate of drug-likeness (QED) is 0.326. The van der Waals surface area contributed by atoms with Crippen molar-refractivity contribution in [2.75, 3.05) is 17.3 Å². The molecule has 3 rings (SSSR count). The lowest BCUT2D eigenvalue weighted by atomic mass is 9.81. The molecule has 0 aromatic carbocycles. The summed E-state index contributed by atoms with van der Waals surface area (Å²) in [5.41, 5.74) is 0. The number of anilines is 1. The first kappa shape index (κ1) is 25.1. The van der Waals surface area contributed by atoms with E-state index in [4.69, 9.17) is 0 Å². The van der Waals surface area contributed by atoms with Gasteiger partial charge in [-0.25, -0.2) is 0 Å². The minimum atomic E-state index is -0.779. The summed E-state index contributed by atoms with van der Waals surface area (Å²) in [5.74, 6) is -0.452. The average Bonchev–Trinajstić information content (AvgIpc) is 3.34. The van der Waals surface area contributed by atoms with Gasteiger partial charge >= 0.3 is 0 Å². The highest BCUT2D eigenvalue weighted by atomic mass is 32.2. The summed E-state index contributed by atoms with van der Waals surface area (Å²) in [7, 11) is 0. The summed E-state index contributed by atoms with van der Waals surface area (Å²) in [6.07, 6.45) is 14.0. The molecule has 1 N–H and O–H groups in total. The van der Waals surface area contributed by atoms with Crippen LogP contribution in [-0.2, 0) is 20.8 Å². The van der Waals surface area contributed by atoms with Crippen molar-refractivity contribution in [3.63, 3.8) is 0 Å². The maximum atomic E-state index is 13.1. The summed E-state index contributed by atoms with van der Waals surface area (Å²) in [6, 6.07) is -0.779. The van der Waals surface area contributed by atoms with E-state index < -0.39 is 6.04 Å². The van der Waals surface area contributed by atoms with Gasteiger partial charge in [0.15, 0.2) is 0 Å². The van der Waals surface area contributed by atoms with E-state index in [1.165, 1.54) is 48.3 Å². The Hall–Kier alpha value is -1.48. The first-order valence-corrected chi connectivity index (χ1v) is 14.3. The van der Waals surface area contributed by atoms with E-state index in [1.807, 2.05) is 6.26 Å². The second kappa shape index (κ2) is 12.7. The number of unbranched alkanes of at least 4 members (excludes halogenated alkanes) is 5.